The van der Waals surface area contributed by atoms with Crippen molar-refractivity contribution in [3.63, 3.8) is 0 Å². The van der Waals surface area contributed by atoms with Crippen molar-refractivity contribution in [1.82, 2.24) is 19.7 Å². The minimum Gasteiger partial charge on any atom is -0.377 e. The van der Waals surface area contributed by atoms with Crippen LogP contribution in [-0.4, -0.2) is 83.9 Å². The number of rotatable bonds is 5. The number of halogens is 1. The Hall–Kier alpha value is -3.84. The van der Waals surface area contributed by atoms with Gasteiger partial charge in [-0.2, -0.15) is 5.26 Å². The first-order chi connectivity index (χ1) is 16.8. The van der Waals surface area contributed by atoms with Crippen molar-refractivity contribution < 1.29 is 14.0 Å². The molecule has 2 aliphatic heterocycles. The minimum atomic E-state index is -0.559. The number of carbonyl (C=O) groups is 2. The van der Waals surface area contributed by atoms with Gasteiger partial charge in [0.05, 0.1) is 17.6 Å². The van der Waals surface area contributed by atoms with Crippen molar-refractivity contribution in [2.24, 2.45) is 5.73 Å². The lowest BCUT2D eigenvalue weighted by Crippen LogP contribution is -2.47. The normalized spacial score (nSPS) is 18.8. The van der Waals surface area contributed by atoms with Crippen LogP contribution in [0.4, 0.5) is 10.1 Å². The maximum Gasteiger partial charge on any atom is 0.254 e. The number of nitrogens with one attached hydrogen (secondary N) is 2. The van der Waals surface area contributed by atoms with Crippen molar-refractivity contribution >= 4 is 39.3 Å². The number of nitrogens with two attached hydrogens (primary N) is 1. The number of nitriles is 1. The van der Waals surface area contributed by atoms with Crippen LogP contribution < -0.4 is 11.1 Å². The summed E-state index contributed by atoms with van der Waals surface area (Å²) in [5.74, 6) is -1.08. The molecule has 3 aromatic rings. The average Bonchev–Trinajstić information content (AvgIpc) is 3.45. The molecule has 2 saturated heterocycles. The number of fused-ring (bicyclic) bond motifs is 3. The van der Waals surface area contributed by atoms with Crippen LogP contribution >= 0.6 is 0 Å². The number of anilines is 1. The van der Waals surface area contributed by atoms with Crippen LogP contribution in [0, 0.1) is 17.3 Å². The number of hydrogen-bond acceptors (Lipinski definition) is 6. The lowest BCUT2D eigenvalue weighted by molar-refractivity contribution is -0.117. The van der Waals surface area contributed by atoms with E-state index in [0.717, 1.165) is 18.5 Å². The Balaban J connectivity index is 1.57. The number of H-pyrrole nitrogens is 1. The molecule has 2 aromatic carbocycles. The molecule has 0 aliphatic carbocycles. The number of aromatic amines is 1. The number of amides is 2. The number of benzene rings is 2. The number of primary amides is 1. The summed E-state index contributed by atoms with van der Waals surface area (Å²) < 4.78 is 15.4. The van der Waals surface area contributed by atoms with Crippen LogP contribution in [0.5, 0.6) is 0 Å². The first kappa shape index (κ1) is 22.9. The van der Waals surface area contributed by atoms with Crippen molar-refractivity contribution in [2.45, 2.75) is 18.9 Å². The summed E-state index contributed by atoms with van der Waals surface area (Å²) in [6, 6.07) is 6.63. The molecular formula is C25H28FN7O2. The maximum atomic E-state index is 15.4. The van der Waals surface area contributed by atoms with Gasteiger partial charge in [-0.05, 0) is 37.2 Å². The average molecular weight is 478 g/mol. The van der Waals surface area contributed by atoms with Gasteiger partial charge in [0.1, 0.15) is 5.82 Å². The van der Waals surface area contributed by atoms with Gasteiger partial charge in [0, 0.05) is 67.2 Å². The topological polar surface area (TPSA) is 121 Å². The molecular weight excluding hydrogens is 449 g/mol. The zero-order chi connectivity index (χ0) is 24.7. The zero-order valence-corrected chi connectivity index (χ0v) is 19.6. The predicted molar refractivity (Wildman–Crippen MR) is 131 cm³/mol. The summed E-state index contributed by atoms with van der Waals surface area (Å²) in [5.41, 5.74) is 8.07. The van der Waals surface area contributed by atoms with Gasteiger partial charge in [0.2, 0.25) is 5.91 Å². The van der Waals surface area contributed by atoms with E-state index >= 15 is 4.39 Å². The number of hydrogen-bond donors (Lipinski definition) is 3. The second kappa shape index (κ2) is 9.07. The van der Waals surface area contributed by atoms with E-state index in [9.17, 15) is 14.9 Å². The van der Waals surface area contributed by atoms with Crippen LogP contribution in [-0.2, 0) is 11.2 Å². The van der Waals surface area contributed by atoms with Gasteiger partial charge in [0.25, 0.3) is 5.91 Å². The first-order valence-electron chi connectivity index (χ1n) is 11.8. The van der Waals surface area contributed by atoms with Gasteiger partial charge >= 0.3 is 0 Å². The molecule has 1 aromatic heterocycles. The van der Waals surface area contributed by atoms with E-state index in [1.165, 1.54) is 6.07 Å². The van der Waals surface area contributed by atoms with E-state index in [1.807, 2.05) is 18.0 Å². The number of nitrogens with zero attached hydrogens (tertiary/aromatic N) is 4. The number of carbonyl (C=O) groups excluding carboxylic acids is 2. The third kappa shape index (κ3) is 4.35. The highest BCUT2D eigenvalue weighted by atomic mass is 19.1. The molecule has 0 radical (unpaired) electrons. The van der Waals surface area contributed by atoms with Crippen LogP contribution in [0.3, 0.4) is 0 Å². The Kier molecular flexibility index (Phi) is 5.94. The highest BCUT2D eigenvalue weighted by Gasteiger charge is 2.26. The van der Waals surface area contributed by atoms with E-state index in [-0.39, 0.29) is 18.4 Å². The van der Waals surface area contributed by atoms with E-state index in [0.29, 0.717) is 65.8 Å². The summed E-state index contributed by atoms with van der Waals surface area (Å²) in [6.07, 6.45) is 2.74. The van der Waals surface area contributed by atoms with E-state index in [2.05, 4.69) is 21.4 Å². The van der Waals surface area contributed by atoms with Crippen LogP contribution in [0.15, 0.2) is 24.3 Å². The molecule has 35 heavy (non-hydrogen) atoms. The van der Waals surface area contributed by atoms with Crippen molar-refractivity contribution in [1.29, 1.82) is 5.26 Å². The molecule has 9 nitrogen and oxygen atoms in total. The monoisotopic (exact) mass is 477 g/mol. The Bertz CT molecular complexity index is 1350. The molecule has 0 unspecified atom stereocenters. The van der Waals surface area contributed by atoms with Gasteiger partial charge in [-0.15, -0.1) is 0 Å². The molecule has 0 bridgehead atoms. The van der Waals surface area contributed by atoms with Gasteiger partial charge in [-0.1, -0.05) is 6.07 Å². The third-order valence-electron chi connectivity index (χ3n) is 6.99. The molecule has 2 fully saturated rings. The molecule has 10 heteroatoms. The summed E-state index contributed by atoms with van der Waals surface area (Å²) in [4.78, 5) is 33.8. The quantitative estimate of drug-likeness (QED) is 0.482. The third-order valence-corrected chi connectivity index (χ3v) is 6.99. The molecule has 1 atom stereocenters. The van der Waals surface area contributed by atoms with Crippen LogP contribution in [0.2, 0.25) is 0 Å². The molecule has 0 saturated carbocycles. The lowest BCUT2D eigenvalue weighted by atomic mass is 10.0. The summed E-state index contributed by atoms with van der Waals surface area (Å²) in [7, 11) is 2.04. The highest BCUT2D eigenvalue weighted by Crippen LogP contribution is 2.37. The number of likely N-dealkylation sites (tertiary alicyclic amines) is 1. The van der Waals surface area contributed by atoms with Gasteiger partial charge in [0.15, 0.2) is 6.19 Å². The molecule has 0 spiro atoms. The van der Waals surface area contributed by atoms with E-state index < -0.39 is 11.7 Å². The number of likely N-dealkylation sites (N-methyl/N-ethyl adjacent to an activating group) is 1. The lowest BCUT2D eigenvalue weighted by Gasteiger charge is -2.32. The van der Waals surface area contributed by atoms with Crippen molar-refractivity contribution in [3.05, 3.63) is 41.2 Å². The predicted octanol–water partition coefficient (Wildman–Crippen LogP) is 1.84. The van der Waals surface area contributed by atoms with Crippen molar-refractivity contribution in [3.8, 4) is 6.19 Å². The minimum absolute atomic E-state index is 0.0388. The SMILES string of the molecule is CN1CCN(C(=O)c2ccc3c(c2)[nH]c2c(CC(N)=O)cc(F)c(N[C@H]4CCN(C#N)C4)c23)CC1. The van der Waals surface area contributed by atoms with Crippen LogP contribution in [0.1, 0.15) is 22.3 Å². The number of piperazine rings is 1. The van der Waals surface area contributed by atoms with Gasteiger partial charge in [-0.25, -0.2) is 4.39 Å². The molecule has 3 heterocycles. The summed E-state index contributed by atoms with van der Waals surface area (Å²) >= 11 is 0. The zero-order valence-electron chi connectivity index (χ0n) is 19.6. The Morgan fingerprint density at radius 1 is 1.23 bits per heavy atom. The standard InChI is InChI=1S/C25H28FN7O2/c1-31-6-8-33(9-7-31)25(35)15-2-3-18-20(11-15)30-23-16(12-21(28)34)10-19(26)24(22(18)23)29-17-4-5-32(13-17)14-27/h2-3,10-11,17,29-30H,4-9,12-13H2,1H3,(H2,28,34)/t17-/m0/s1. The van der Waals surface area contributed by atoms with E-state index in [1.54, 1.807) is 17.0 Å². The maximum absolute atomic E-state index is 15.4. The second-order valence-corrected chi connectivity index (χ2v) is 9.44. The molecule has 2 amide bonds. The fourth-order valence-corrected chi connectivity index (χ4v) is 5.08. The first-order valence-corrected chi connectivity index (χ1v) is 11.8. The Labute approximate surface area is 202 Å². The van der Waals surface area contributed by atoms with Gasteiger partial charge in [-0.3, -0.25) is 9.59 Å². The molecule has 5 rings (SSSR count). The largest absolute Gasteiger partial charge is 0.377 e. The fourth-order valence-electron chi connectivity index (χ4n) is 5.08. The highest BCUT2D eigenvalue weighted by molar-refractivity contribution is 6.16. The summed E-state index contributed by atoms with van der Waals surface area (Å²) in [5, 5.41) is 13.8. The fraction of sp³-hybridized carbons (Fsp3) is 0.400. The number of aromatic nitrogens is 1. The van der Waals surface area contributed by atoms with Gasteiger partial charge < -0.3 is 30.7 Å². The van der Waals surface area contributed by atoms with Crippen molar-refractivity contribution in [2.75, 3.05) is 51.6 Å². The van der Waals surface area contributed by atoms with E-state index in [4.69, 9.17) is 5.73 Å². The Morgan fingerprint density at radius 2 is 2.00 bits per heavy atom. The van der Waals surface area contributed by atoms with Crippen LogP contribution in [0.25, 0.3) is 21.8 Å². The molecule has 182 valence electrons. The second-order valence-electron chi connectivity index (χ2n) is 9.44. The molecule has 4 N–H and O–H groups in total. The molecule has 2 aliphatic rings. The smallest absolute Gasteiger partial charge is 0.254 e. The summed E-state index contributed by atoms with van der Waals surface area (Å²) in [6.45, 7) is 4.11. The Morgan fingerprint density at radius 3 is 2.69 bits per heavy atom.